The van der Waals surface area contributed by atoms with Gasteiger partial charge in [-0.05, 0) is 26.7 Å². The second kappa shape index (κ2) is 7.48. The van der Waals surface area contributed by atoms with Crippen molar-refractivity contribution in [1.82, 2.24) is 25.5 Å². The number of nitrogens with zero attached hydrogens (tertiary/aromatic N) is 3. The second-order valence-electron chi connectivity index (χ2n) is 5.46. The van der Waals surface area contributed by atoms with E-state index in [9.17, 15) is 9.59 Å². The largest absolute Gasteiger partial charge is 0.336 e. The molecule has 0 spiro atoms. The molecule has 1 fully saturated rings. The van der Waals surface area contributed by atoms with Crippen LogP contribution in [0, 0.1) is 6.92 Å². The molecule has 1 aromatic rings. The summed E-state index contributed by atoms with van der Waals surface area (Å²) in [4.78, 5) is 23.9. The molecule has 1 heterocycles. The number of hydrogen-bond acceptors (Lipinski definition) is 6. The molecule has 8 nitrogen and oxygen atoms in total. The number of imide groups is 1. The van der Waals surface area contributed by atoms with Crippen molar-refractivity contribution in [3.8, 4) is 0 Å². The molecule has 1 aromatic heterocycles. The Morgan fingerprint density at radius 2 is 2.00 bits per heavy atom. The van der Waals surface area contributed by atoms with Crippen LogP contribution >= 0.6 is 11.8 Å². The van der Waals surface area contributed by atoms with Crippen molar-refractivity contribution in [2.75, 3.05) is 5.84 Å². The van der Waals surface area contributed by atoms with Crippen LogP contribution in [0.5, 0.6) is 0 Å². The molecule has 9 heteroatoms. The Balaban J connectivity index is 1.80. The van der Waals surface area contributed by atoms with Gasteiger partial charge in [-0.1, -0.05) is 31.0 Å². The van der Waals surface area contributed by atoms with Crippen LogP contribution < -0.4 is 16.5 Å². The van der Waals surface area contributed by atoms with Gasteiger partial charge in [0.15, 0.2) is 0 Å². The molecule has 0 unspecified atom stereocenters. The van der Waals surface area contributed by atoms with Crippen LogP contribution in [0.3, 0.4) is 0 Å². The lowest BCUT2D eigenvalue weighted by Crippen LogP contribution is -2.47. The minimum Gasteiger partial charge on any atom is -0.336 e. The van der Waals surface area contributed by atoms with E-state index in [0.29, 0.717) is 11.0 Å². The van der Waals surface area contributed by atoms with Crippen molar-refractivity contribution >= 4 is 23.7 Å². The number of rotatable bonds is 4. The number of nitrogens with one attached hydrogen (secondary N) is 2. The Morgan fingerprint density at radius 1 is 1.32 bits per heavy atom. The average Bonchev–Trinajstić information content (AvgIpc) is 2.80. The minimum atomic E-state index is -0.497. The molecule has 1 saturated carbocycles. The molecule has 1 aliphatic rings. The Bertz CT molecular complexity index is 541. The first-order valence-electron chi connectivity index (χ1n) is 7.42. The van der Waals surface area contributed by atoms with E-state index in [2.05, 4.69) is 20.8 Å². The number of nitrogens with two attached hydrogens (primary N) is 1. The van der Waals surface area contributed by atoms with E-state index in [1.165, 1.54) is 11.1 Å². The second-order valence-corrected chi connectivity index (χ2v) is 6.77. The quantitative estimate of drug-likeness (QED) is 0.560. The van der Waals surface area contributed by atoms with E-state index >= 15 is 0 Å². The number of carbonyl (C=O) groups is 2. The van der Waals surface area contributed by atoms with E-state index in [1.807, 2.05) is 0 Å². The van der Waals surface area contributed by atoms with Crippen LogP contribution in [0.25, 0.3) is 0 Å². The Morgan fingerprint density at radius 3 is 2.59 bits per heavy atom. The molecule has 0 aromatic carbocycles. The molecular weight excluding hydrogens is 304 g/mol. The molecule has 122 valence electrons. The zero-order valence-electron chi connectivity index (χ0n) is 12.8. The molecular formula is C13H22N6O2S. The van der Waals surface area contributed by atoms with Crippen LogP contribution in [0.1, 0.15) is 44.9 Å². The SMILES string of the molecule is Cc1nnc(S[C@@H](C)C(=O)NC(=O)NC2CCCCC2)n1N. The van der Waals surface area contributed by atoms with E-state index < -0.39 is 11.3 Å². The first-order valence-corrected chi connectivity index (χ1v) is 8.30. The monoisotopic (exact) mass is 326 g/mol. The average molecular weight is 326 g/mol. The maximum atomic E-state index is 12.0. The van der Waals surface area contributed by atoms with Gasteiger partial charge >= 0.3 is 6.03 Å². The lowest BCUT2D eigenvalue weighted by molar-refractivity contribution is -0.119. The molecule has 0 saturated heterocycles. The third-order valence-electron chi connectivity index (χ3n) is 3.66. The summed E-state index contributed by atoms with van der Waals surface area (Å²) in [6, 6.07) is -0.269. The van der Waals surface area contributed by atoms with E-state index in [4.69, 9.17) is 5.84 Å². The maximum absolute atomic E-state index is 12.0. The summed E-state index contributed by atoms with van der Waals surface area (Å²) in [7, 11) is 0. The zero-order valence-corrected chi connectivity index (χ0v) is 13.7. The number of aromatic nitrogens is 3. The van der Waals surface area contributed by atoms with Crippen molar-refractivity contribution < 1.29 is 9.59 Å². The van der Waals surface area contributed by atoms with Crippen LogP contribution in [0.4, 0.5) is 4.79 Å². The lowest BCUT2D eigenvalue weighted by atomic mass is 9.96. The molecule has 2 rings (SSSR count). The van der Waals surface area contributed by atoms with Crippen LogP contribution in [-0.2, 0) is 4.79 Å². The number of urea groups is 1. The van der Waals surface area contributed by atoms with Gasteiger partial charge in [-0.3, -0.25) is 10.1 Å². The number of amides is 3. The lowest BCUT2D eigenvalue weighted by Gasteiger charge is -2.22. The summed E-state index contributed by atoms with van der Waals surface area (Å²) in [6.07, 6.45) is 5.40. The number of nitrogen functional groups attached to an aromatic ring is 1. The molecule has 1 atom stereocenters. The number of hydrogen-bond donors (Lipinski definition) is 3. The van der Waals surface area contributed by atoms with Gasteiger partial charge in [-0.25, -0.2) is 9.47 Å². The minimum absolute atomic E-state index is 0.166. The fourth-order valence-electron chi connectivity index (χ4n) is 2.32. The van der Waals surface area contributed by atoms with Crippen molar-refractivity contribution in [2.24, 2.45) is 0 Å². The smallest absolute Gasteiger partial charge is 0.321 e. The van der Waals surface area contributed by atoms with Crippen LogP contribution in [0.2, 0.25) is 0 Å². The maximum Gasteiger partial charge on any atom is 0.321 e. The van der Waals surface area contributed by atoms with Gasteiger partial charge in [0.1, 0.15) is 5.82 Å². The molecule has 22 heavy (non-hydrogen) atoms. The van der Waals surface area contributed by atoms with E-state index in [0.717, 1.165) is 37.4 Å². The van der Waals surface area contributed by atoms with Gasteiger partial charge in [0.2, 0.25) is 11.1 Å². The van der Waals surface area contributed by atoms with Gasteiger partial charge in [0.05, 0.1) is 5.25 Å². The van der Waals surface area contributed by atoms with E-state index in [1.54, 1.807) is 13.8 Å². The number of thioether (sulfide) groups is 1. The fourth-order valence-corrected chi connectivity index (χ4v) is 3.14. The van der Waals surface area contributed by atoms with Crippen molar-refractivity contribution in [1.29, 1.82) is 0 Å². The summed E-state index contributed by atoms with van der Waals surface area (Å²) in [5.41, 5.74) is 0. The highest BCUT2D eigenvalue weighted by Crippen LogP contribution is 2.20. The highest BCUT2D eigenvalue weighted by atomic mass is 32.2. The highest BCUT2D eigenvalue weighted by Gasteiger charge is 2.22. The third kappa shape index (κ3) is 4.36. The topological polar surface area (TPSA) is 115 Å². The van der Waals surface area contributed by atoms with Crippen molar-refractivity contribution in [3.63, 3.8) is 0 Å². The fraction of sp³-hybridized carbons (Fsp3) is 0.692. The summed E-state index contributed by atoms with van der Waals surface area (Å²) in [5.74, 6) is 5.92. The molecule has 0 bridgehead atoms. The zero-order chi connectivity index (χ0) is 16.1. The Labute approximate surface area is 133 Å². The highest BCUT2D eigenvalue weighted by molar-refractivity contribution is 8.00. The van der Waals surface area contributed by atoms with Crippen LogP contribution in [-0.4, -0.2) is 38.1 Å². The normalized spacial score (nSPS) is 17.0. The Hall–Kier alpha value is -1.77. The van der Waals surface area contributed by atoms with Crippen molar-refractivity contribution in [2.45, 2.75) is 62.4 Å². The molecule has 4 N–H and O–H groups in total. The summed E-state index contributed by atoms with van der Waals surface area (Å²) >= 11 is 1.16. The predicted octanol–water partition coefficient (Wildman–Crippen LogP) is 0.939. The predicted molar refractivity (Wildman–Crippen MR) is 83.8 cm³/mol. The van der Waals surface area contributed by atoms with Gasteiger partial charge in [0, 0.05) is 6.04 Å². The van der Waals surface area contributed by atoms with E-state index in [-0.39, 0.29) is 11.9 Å². The molecule has 3 amide bonds. The van der Waals surface area contributed by atoms with Gasteiger partial charge in [-0.15, -0.1) is 10.2 Å². The third-order valence-corrected chi connectivity index (χ3v) is 4.72. The van der Waals surface area contributed by atoms with Gasteiger partial charge < -0.3 is 11.2 Å². The van der Waals surface area contributed by atoms with Gasteiger partial charge in [0.25, 0.3) is 0 Å². The van der Waals surface area contributed by atoms with Crippen LogP contribution in [0.15, 0.2) is 5.16 Å². The molecule has 0 aliphatic heterocycles. The summed E-state index contributed by atoms with van der Waals surface area (Å²) in [5, 5.41) is 12.9. The number of aryl methyl sites for hydroxylation is 1. The summed E-state index contributed by atoms with van der Waals surface area (Å²) < 4.78 is 1.32. The molecule has 1 aliphatic carbocycles. The Kier molecular flexibility index (Phi) is 5.64. The van der Waals surface area contributed by atoms with Gasteiger partial charge in [-0.2, -0.15) is 0 Å². The first-order chi connectivity index (χ1) is 10.5. The van der Waals surface area contributed by atoms with Crippen molar-refractivity contribution in [3.05, 3.63) is 5.82 Å². The first kappa shape index (κ1) is 16.6. The molecule has 0 radical (unpaired) electrons. The summed E-state index contributed by atoms with van der Waals surface area (Å²) in [6.45, 7) is 3.41. The number of carbonyl (C=O) groups excluding carboxylic acids is 2. The standard InChI is InChI=1S/C13H22N6O2S/c1-8(22-13-18-17-9(2)19(13)14)11(20)16-12(21)15-10-6-4-3-5-7-10/h8,10H,3-7,14H2,1-2H3,(H2,15,16,20,21)/t8-/m0/s1.